The summed E-state index contributed by atoms with van der Waals surface area (Å²) < 4.78 is 0. The first-order valence-corrected chi connectivity index (χ1v) is 7.77. The molecule has 3 nitrogen and oxygen atoms in total. The zero-order valence-corrected chi connectivity index (χ0v) is 15.5. The molecule has 2 aliphatic carbocycles. The molecule has 2 saturated carbocycles. The summed E-state index contributed by atoms with van der Waals surface area (Å²) in [7, 11) is 2.05. The molecular weight excluding hydrogens is 397 g/mol. The maximum atomic E-state index is 6.10. The summed E-state index contributed by atoms with van der Waals surface area (Å²) in [5, 5.41) is 0.791. The Labute approximate surface area is 149 Å². The van der Waals surface area contributed by atoms with Crippen molar-refractivity contribution in [3.63, 3.8) is 0 Å². The quantitative estimate of drug-likeness (QED) is 0.458. The third kappa shape index (κ3) is 3.65. The van der Waals surface area contributed by atoms with Crippen LogP contribution < -0.4 is 5.73 Å². The predicted octanol–water partition coefficient (Wildman–Crippen LogP) is 3.79. The molecule has 0 heterocycles. The number of aliphatic imine (C=N–C) groups is 1. The first kappa shape index (κ1) is 16.9. The Bertz CT molecular complexity index is 507. The van der Waals surface area contributed by atoms with Gasteiger partial charge in [-0.3, -0.25) is 4.99 Å². The van der Waals surface area contributed by atoms with E-state index in [0.29, 0.717) is 12.0 Å². The second-order valence-electron chi connectivity index (χ2n) is 6.16. The SMILES string of the molecule is CN(C(N)=NCC1(c2ccc(Cl)cc2)CCC1)C1CC1.I. The Morgan fingerprint density at radius 3 is 2.43 bits per heavy atom. The number of benzene rings is 1. The predicted molar refractivity (Wildman–Crippen MR) is 99.7 cm³/mol. The Balaban J connectivity index is 0.00000161. The zero-order valence-electron chi connectivity index (χ0n) is 12.4. The topological polar surface area (TPSA) is 41.6 Å². The lowest BCUT2D eigenvalue weighted by Gasteiger charge is -2.41. The summed E-state index contributed by atoms with van der Waals surface area (Å²) in [6, 6.07) is 8.84. The third-order valence-corrected chi connectivity index (χ3v) is 5.02. The molecule has 21 heavy (non-hydrogen) atoms. The van der Waals surface area contributed by atoms with Gasteiger partial charge in [-0.2, -0.15) is 0 Å². The molecule has 0 aliphatic heterocycles. The standard InChI is InChI=1S/C16H22ClN3.HI/c1-20(14-7-8-14)15(18)19-11-16(9-2-10-16)12-3-5-13(17)6-4-12;/h3-6,14H,2,7-11H2,1H3,(H2,18,19);1H. The number of halogens is 2. The van der Waals surface area contributed by atoms with Crippen molar-refractivity contribution in [2.75, 3.05) is 13.6 Å². The van der Waals surface area contributed by atoms with E-state index in [1.54, 1.807) is 0 Å². The van der Waals surface area contributed by atoms with Crippen LogP contribution in [0.1, 0.15) is 37.7 Å². The summed E-state index contributed by atoms with van der Waals surface area (Å²) >= 11 is 5.98. The summed E-state index contributed by atoms with van der Waals surface area (Å²) in [4.78, 5) is 6.78. The van der Waals surface area contributed by atoms with Crippen molar-refractivity contribution < 1.29 is 0 Å². The summed E-state index contributed by atoms with van der Waals surface area (Å²) in [5.41, 5.74) is 7.63. The van der Waals surface area contributed by atoms with E-state index in [9.17, 15) is 0 Å². The molecule has 0 aromatic heterocycles. The highest BCUT2D eigenvalue weighted by atomic mass is 127. The minimum Gasteiger partial charge on any atom is -0.370 e. The average molecular weight is 420 g/mol. The van der Waals surface area contributed by atoms with Gasteiger partial charge in [0.1, 0.15) is 0 Å². The fourth-order valence-corrected chi connectivity index (χ4v) is 3.06. The maximum Gasteiger partial charge on any atom is 0.191 e. The van der Waals surface area contributed by atoms with Crippen LogP contribution in [-0.4, -0.2) is 30.5 Å². The Morgan fingerprint density at radius 2 is 1.95 bits per heavy atom. The number of hydrogen-bond acceptors (Lipinski definition) is 1. The van der Waals surface area contributed by atoms with Crippen molar-refractivity contribution in [3.05, 3.63) is 34.9 Å². The van der Waals surface area contributed by atoms with Crippen molar-refractivity contribution in [1.29, 1.82) is 0 Å². The van der Waals surface area contributed by atoms with E-state index >= 15 is 0 Å². The van der Waals surface area contributed by atoms with Crippen LogP contribution in [0.4, 0.5) is 0 Å². The van der Waals surface area contributed by atoms with Gasteiger partial charge in [-0.1, -0.05) is 30.2 Å². The monoisotopic (exact) mass is 419 g/mol. The minimum absolute atomic E-state index is 0. The molecule has 1 aromatic rings. The van der Waals surface area contributed by atoms with Crippen molar-refractivity contribution in [2.45, 2.75) is 43.6 Å². The molecule has 0 radical (unpaired) electrons. The lowest BCUT2D eigenvalue weighted by atomic mass is 9.64. The second-order valence-corrected chi connectivity index (χ2v) is 6.59. The highest BCUT2D eigenvalue weighted by Crippen LogP contribution is 2.44. The minimum atomic E-state index is 0. The van der Waals surface area contributed by atoms with Gasteiger partial charge in [0.2, 0.25) is 0 Å². The molecule has 3 rings (SSSR count). The first-order chi connectivity index (χ1) is 9.61. The van der Waals surface area contributed by atoms with Gasteiger partial charge in [0, 0.05) is 23.5 Å². The van der Waals surface area contributed by atoms with Gasteiger partial charge >= 0.3 is 0 Å². The molecular formula is C16H23ClIN3. The van der Waals surface area contributed by atoms with Crippen LogP contribution in [0.5, 0.6) is 0 Å². The van der Waals surface area contributed by atoms with Gasteiger partial charge < -0.3 is 10.6 Å². The van der Waals surface area contributed by atoms with E-state index < -0.39 is 0 Å². The first-order valence-electron chi connectivity index (χ1n) is 7.40. The van der Waals surface area contributed by atoms with E-state index in [0.717, 1.165) is 11.6 Å². The average Bonchev–Trinajstić information content (AvgIpc) is 3.22. The van der Waals surface area contributed by atoms with Crippen molar-refractivity contribution in [3.8, 4) is 0 Å². The Hall–Kier alpha value is -0.490. The van der Waals surface area contributed by atoms with E-state index in [4.69, 9.17) is 17.3 Å². The maximum absolute atomic E-state index is 6.10. The lowest BCUT2D eigenvalue weighted by Crippen LogP contribution is -2.41. The van der Waals surface area contributed by atoms with Crippen molar-refractivity contribution >= 4 is 41.5 Å². The van der Waals surface area contributed by atoms with Gasteiger partial charge in [0.05, 0.1) is 6.54 Å². The molecule has 0 bridgehead atoms. The number of hydrogen-bond donors (Lipinski definition) is 1. The van der Waals surface area contributed by atoms with E-state index in [2.05, 4.69) is 22.0 Å². The highest BCUT2D eigenvalue weighted by molar-refractivity contribution is 14.0. The molecule has 0 spiro atoms. The Kier molecular flexibility index (Phi) is 5.41. The van der Waals surface area contributed by atoms with Gasteiger partial charge in [-0.15, -0.1) is 24.0 Å². The van der Waals surface area contributed by atoms with Crippen molar-refractivity contribution in [2.24, 2.45) is 10.7 Å². The van der Waals surface area contributed by atoms with Crippen LogP contribution >= 0.6 is 35.6 Å². The van der Waals surface area contributed by atoms with E-state index in [1.165, 1.54) is 37.7 Å². The van der Waals surface area contributed by atoms with Gasteiger partial charge in [0.25, 0.3) is 0 Å². The van der Waals surface area contributed by atoms with Crippen LogP contribution in [-0.2, 0) is 5.41 Å². The van der Waals surface area contributed by atoms with E-state index in [1.807, 2.05) is 19.2 Å². The smallest absolute Gasteiger partial charge is 0.191 e. The number of guanidine groups is 1. The summed E-state index contributed by atoms with van der Waals surface area (Å²) in [5.74, 6) is 0.688. The zero-order chi connectivity index (χ0) is 14.2. The molecule has 0 unspecified atom stereocenters. The van der Waals surface area contributed by atoms with Gasteiger partial charge in [-0.25, -0.2) is 0 Å². The summed E-state index contributed by atoms with van der Waals surface area (Å²) in [6.07, 6.45) is 6.15. The number of nitrogens with zero attached hydrogens (tertiary/aromatic N) is 2. The molecule has 2 fully saturated rings. The van der Waals surface area contributed by atoms with Gasteiger partial charge in [-0.05, 0) is 43.4 Å². The Morgan fingerprint density at radius 1 is 1.33 bits per heavy atom. The fourth-order valence-electron chi connectivity index (χ4n) is 2.94. The largest absolute Gasteiger partial charge is 0.370 e. The van der Waals surface area contributed by atoms with Gasteiger partial charge in [0.15, 0.2) is 5.96 Å². The summed E-state index contributed by atoms with van der Waals surface area (Å²) in [6.45, 7) is 0.789. The third-order valence-electron chi connectivity index (χ3n) is 4.77. The second kappa shape index (κ2) is 6.73. The normalized spacial score (nSPS) is 20.4. The number of rotatable bonds is 4. The van der Waals surface area contributed by atoms with Crippen LogP contribution in [0.2, 0.25) is 5.02 Å². The van der Waals surface area contributed by atoms with Crippen LogP contribution in [0.25, 0.3) is 0 Å². The van der Waals surface area contributed by atoms with E-state index in [-0.39, 0.29) is 29.4 Å². The lowest BCUT2D eigenvalue weighted by molar-refractivity contribution is 0.252. The molecule has 5 heteroatoms. The van der Waals surface area contributed by atoms with Crippen LogP contribution in [0.15, 0.2) is 29.3 Å². The van der Waals surface area contributed by atoms with Crippen LogP contribution in [0.3, 0.4) is 0 Å². The highest BCUT2D eigenvalue weighted by Gasteiger charge is 2.38. The molecule has 0 amide bonds. The fraction of sp³-hybridized carbons (Fsp3) is 0.562. The van der Waals surface area contributed by atoms with Crippen molar-refractivity contribution in [1.82, 2.24) is 4.90 Å². The van der Waals surface area contributed by atoms with Crippen LogP contribution in [0, 0.1) is 0 Å². The molecule has 0 atom stereocenters. The number of nitrogens with two attached hydrogens (primary N) is 1. The molecule has 1 aromatic carbocycles. The molecule has 2 N–H and O–H groups in total. The molecule has 2 aliphatic rings. The molecule has 116 valence electrons. The molecule has 0 saturated heterocycles.